The van der Waals surface area contributed by atoms with E-state index < -0.39 is 0 Å². The van der Waals surface area contributed by atoms with E-state index in [9.17, 15) is 4.79 Å². The smallest absolute Gasteiger partial charge is 0.252 e. The van der Waals surface area contributed by atoms with Crippen molar-refractivity contribution >= 4 is 16.8 Å². The van der Waals surface area contributed by atoms with Gasteiger partial charge in [-0.15, -0.1) is 0 Å². The number of pyridine rings is 1. The average Bonchev–Trinajstić information content (AvgIpc) is 2.43. The van der Waals surface area contributed by atoms with E-state index in [1.54, 1.807) is 31.5 Å². The minimum Gasteiger partial charge on any atom is -0.494 e. The summed E-state index contributed by atoms with van der Waals surface area (Å²) in [6.45, 7) is 0.866. The van der Waals surface area contributed by atoms with Crippen LogP contribution in [0.15, 0.2) is 30.5 Å². The average molecular weight is 245 g/mol. The molecule has 0 saturated carbocycles. The molecule has 1 amide bonds. The molecular formula is C13H15N3O2. The molecule has 5 nitrogen and oxygen atoms in total. The SMILES string of the molecule is COc1ccc(C(=O)NCCN)c2cccnc12. The highest BCUT2D eigenvalue weighted by Gasteiger charge is 2.12. The number of methoxy groups -OCH3 is 1. The van der Waals surface area contributed by atoms with Crippen LogP contribution in [0.4, 0.5) is 0 Å². The fraction of sp³-hybridized carbons (Fsp3) is 0.231. The second kappa shape index (κ2) is 5.46. The molecule has 0 radical (unpaired) electrons. The summed E-state index contributed by atoms with van der Waals surface area (Å²) >= 11 is 0. The molecule has 2 aromatic rings. The van der Waals surface area contributed by atoms with E-state index in [4.69, 9.17) is 10.5 Å². The topological polar surface area (TPSA) is 77.2 Å². The molecule has 0 aliphatic carbocycles. The van der Waals surface area contributed by atoms with Gasteiger partial charge in [0.1, 0.15) is 11.3 Å². The molecule has 0 aliphatic rings. The summed E-state index contributed by atoms with van der Waals surface area (Å²) in [5, 5.41) is 3.52. The van der Waals surface area contributed by atoms with Crippen LogP contribution in [-0.2, 0) is 0 Å². The van der Waals surface area contributed by atoms with Crippen LogP contribution in [0, 0.1) is 0 Å². The zero-order chi connectivity index (χ0) is 13.0. The zero-order valence-corrected chi connectivity index (χ0v) is 10.1. The van der Waals surface area contributed by atoms with Crippen LogP contribution in [0.5, 0.6) is 5.75 Å². The number of benzene rings is 1. The Balaban J connectivity index is 2.49. The van der Waals surface area contributed by atoms with E-state index in [-0.39, 0.29) is 5.91 Å². The Bertz CT molecular complexity index is 569. The first-order valence-corrected chi connectivity index (χ1v) is 5.68. The van der Waals surface area contributed by atoms with Gasteiger partial charge in [0.2, 0.25) is 0 Å². The Hall–Kier alpha value is -2.14. The number of amides is 1. The Morgan fingerprint density at radius 3 is 3.00 bits per heavy atom. The summed E-state index contributed by atoms with van der Waals surface area (Å²) in [4.78, 5) is 16.2. The lowest BCUT2D eigenvalue weighted by atomic mass is 10.1. The predicted molar refractivity (Wildman–Crippen MR) is 69.7 cm³/mol. The van der Waals surface area contributed by atoms with Gasteiger partial charge in [-0.25, -0.2) is 0 Å². The normalized spacial score (nSPS) is 10.3. The molecule has 0 saturated heterocycles. The van der Waals surface area contributed by atoms with Crippen molar-refractivity contribution in [3.63, 3.8) is 0 Å². The monoisotopic (exact) mass is 245 g/mol. The summed E-state index contributed by atoms with van der Waals surface area (Å²) in [5.74, 6) is 0.502. The third kappa shape index (κ3) is 2.26. The summed E-state index contributed by atoms with van der Waals surface area (Å²) in [6.07, 6.45) is 1.67. The maximum atomic E-state index is 12.0. The predicted octanol–water partition coefficient (Wildman–Crippen LogP) is 0.932. The van der Waals surface area contributed by atoms with E-state index >= 15 is 0 Å². The van der Waals surface area contributed by atoms with Crippen LogP contribution in [-0.4, -0.2) is 31.1 Å². The highest BCUT2D eigenvalue weighted by Crippen LogP contribution is 2.26. The van der Waals surface area contributed by atoms with Crippen LogP contribution < -0.4 is 15.8 Å². The minimum absolute atomic E-state index is 0.152. The van der Waals surface area contributed by atoms with E-state index in [0.717, 1.165) is 5.39 Å². The standard InChI is InChI=1S/C13H15N3O2/c1-18-11-5-4-10(13(17)16-8-6-14)9-3-2-7-15-12(9)11/h2-5,7H,6,8,14H2,1H3,(H,16,17). The zero-order valence-electron chi connectivity index (χ0n) is 10.1. The fourth-order valence-electron chi connectivity index (χ4n) is 1.79. The number of ether oxygens (including phenoxy) is 1. The van der Waals surface area contributed by atoms with Gasteiger partial charge < -0.3 is 15.8 Å². The molecule has 1 aromatic heterocycles. The first-order chi connectivity index (χ1) is 8.77. The minimum atomic E-state index is -0.152. The molecule has 1 heterocycles. The van der Waals surface area contributed by atoms with Crippen molar-refractivity contribution in [3.05, 3.63) is 36.0 Å². The van der Waals surface area contributed by atoms with Crippen molar-refractivity contribution in [1.29, 1.82) is 0 Å². The molecule has 0 fully saturated rings. The second-order valence-electron chi connectivity index (χ2n) is 3.76. The van der Waals surface area contributed by atoms with Crippen LogP contribution in [0.2, 0.25) is 0 Å². The van der Waals surface area contributed by atoms with E-state index in [0.29, 0.717) is 29.9 Å². The molecule has 0 spiro atoms. The van der Waals surface area contributed by atoms with Crippen molar-refractivity contribution in [2.24, 2.45) is 5.73 Å². The number of hydrogen-bond donors (Lipinski definition) is 2. The van der Waals surface area contributed by atoms with Gasteiger partial charge in [0, 0.05) is 30.2 Å². The molecule has 0 atom stereocenters. The number of rotatable bonds is 4. The molecule has 1 aromatic carbocycles. The number of nitrogens with one attached hydrogen (secondary N) is 1. The number of aromatic nitrogens is 1. The van der Waals surface area contributed by atoms with Crippen molar-refractivity contribution in [2.45, 2.75) is 0 Å². The molecule has 5 heteroatoms. The second-order valence-corrected chi connectivity index (χ2v) is 3.76. The first kappa shape index (κ1) is 12.3. The molecule has 0 bridgehead atoms. The number of nitrogens with two attached hydrogens (primary N) is 1. The van der Waals surface area contributed by atoms with E-state index in [2.05, 4.69) is 10.3 Å². The van der Waals surface area contributed by atoms with E-state index in [1.165, 1.54) is 0 Å². The summed E-state index contributed by atoms with van der Waals surface area (Å²) in [7, 11) is 1.58. The van der Waals surface area contributed by atoms with Gasteiger partial charge in [0.05, 0.1) is 7.11 Å². The van der Waals surface area contributed by atoms with Crippen LogP contribution in [0.25, 0.3) is 10.9 Å². The largest absolute Gasteiger partial charge is 0.494 e. The van der Waals surface area contributed by atoms with Gasteiger partial charge in [-0.1, -0.05) is 6.07 Å². The van der Waals surface area contributed by atoms with Gasteiger partial charge in [0.25, 0.3) is 5.91 Å². The van der Waals surface area contributed by atoms with Crippen LogP contribution in [0.1, 0.15) is 10.4 Å². The Labute approximate surface area is 105 Å². The van der Waals surface area contributed by atoms with Crippen molar-refractivity contribution in [3.8, 4) is 5.75 Å². The van der Waals surface area contributed by atoms with Crippen LogP contribution >= 0.6 is 0 Å². The number of hydrogen-bond acceptors (Lipinski definition) is 4. The van der Waals surface area contributed by atoms with Crippen LogP contribution in [0.3, 0.4) is 0 Å². The molecule has 94 valence electrons. The number of carbonyl (C=O) groups excluding carboxylic acids is 1. The number of fused-ring (bicyclic) bond motifs is 1. The summed E-state index contributed by atoms with van der Waals surface area (Å²) < 4.78 is 5.23. The lowest BCUT2D eigenvalue weighted by Gasteiger charge is -2.09. The van der Waals surface area contributed by atoms with Gasteiger partial charge in [0.15, 0.2) is 0 Å². The van der Waals surface area contributed by atoms with Gasteiger partial charge in [-0.05, 0) is 18.2 Å². The molecule has 0 unspecified atom stereocenters. The van der Waals surface area contributed by atoms with E-state index in [1.807, 2.05) is 6.07 Å². The van der Waals surface area contributed by atoms with Crippen molar-refractivity contribution in [1.82, 2.24) is 10.3 Å². The molecule has 3 N–H and O–H groups in total. The maximum Gasteiger partial charge on any atom is 0.252 e. The first-order valence-electron chi connectivity index (χ1n) is 5.68. The highest BCUT2D eigenvalue weighted by molar-refractivity contribution is 6.07. The molecular weight excluding hydrogens is 230 g/mol. The lowest BCUT2D eigenvalue weighted by Crippen LogP contribution is -2.29. The number of nitrogens with zero attached hydrogens (tertiary/aromatic N) is 1. The van der Waals surface area contributed by atoms with Gasteiger partial charge in [-0.3, -0.25) is 9.78 Å². The Kier molecular flexibility index (Phi) is 3.74. The summed E-state index contributed by atoms with van der Waals surface area (Å²) in [6, 6.07) is 7.12. The third-order valence-corrected chi connectivity index (χ3v) is 2.63. The van der Waals surface area contributed by atoms with Crippen molar-refractivity contribution < 1.29 is 9.53 Å². The van der Waals surface area contributed by atoms with Gasteiger partial charge in [-0.2, -0.15) is 0 Å². The summed E-state index contributed by atoms with van der Waals surface area (Å²) in [5.41, 5.74) is 6.62. The highest BCUT2D eigenvalue weighted by atomic mass is 16.5. The lowest BCUT2D eigenvalue weighted by molar-refractivity contribution is 0.0956. The molecule has 2 rings (SSSR count). The van der Waals surface area contributed by atoms with Crippen molar-refractivity contribution in [2.75, 3.05) is 20.2 Å². The number of carbonyl (C=O) groups is 1. The van der Waals surface area contributed by atoms with Gasteiger partial charge >= 0.3 is 0 Å². The molecule has 0 aliphatic heterocycles. The quantitative estimate of drug-likeness (QED) is 0.840. The molecule has 18 heavy (non-hydrogen) atoms. The Morgan fingerprint density at radius 1 is 1.44 bits per heavy atom. The Morgan fingerprint density at radius 2 is 2.28 bits per heavy atom. The fourth-order valence-corrected chi connectivity index (χ4v) is 1.79. The maximum absolute atomic E-state index is 12.0. The third-order valence-electron chi connectivity index (χ3n) is 2.63.